The van der Waals surface area contributed by atoms with Crippen LogP contribution in [0.15, 0.2) is 35.2 Å². The van der Waals surface area contributed by atoms with E-state index >= 15 is 0 Å². The second-order valence-electron chi connectivity index (χ2n) is 6.87. The van der Waals surface area contributed by atoms with Gasteiger partial charge in [-0.25, -0.2) is 13.2 Å². The average molecular weight is 364 g/mol. The van der Waals surface area contributed by atoms with Gasteiger partial charge in [0.05, 0.1) is 10.6 Å². The van der Waals surface area contributed by atoms with Gasteiger partial charge in [-0.05, 0) is 31.4 Å². The molecule has 1 aliphatic heterocycles. The van der Waals surface area contributed by atoms with Gasteiger partial charge in [0, 0.05) is 6.54 Å². The molecule has 1 spiro atoms. The number of hydrogen-bond acceptors (Lipinski definition) is 4. The lowest BCUT2D eigenvalue weighted by Crippen LogP contribution is -2.46. The Balaban J connectivity index is 1.62. The number of imide groups is 1. The summed E-state index contributed by atoms with van der Waals surface area (Å²) in [4.78, 5) is 26.5. The standard InChI is InChI=1S/C18H24N2O4S/c21-16-18(11-6-1-2-7-12-18)19-17(22)20(16)13-8-14-25(23,24)15-9-4-3-5-10-15/h3-5,9-10H,1-2,6-8,11-14H2,(H,19,22). The number of carbonyl (C=O) groups excluding carboxylic acids is 2. The van der Waals surface area contributed by atoms with Crippen molar-refractivity contribution in [3.05, 3.63) is 30.3 Å². The number of carbonyl (C=O) groups is 2. The van der Waals surface area contributed by atoms with E-state index < -0.39 is 15.4 Å². The highest BCUT2D eigenvalue weighted by Gasteiger charge is 2.50. The van der Waals surface area contributed by atoms with Gasteiger partial charge in [0.25, 0.3) is 5.91 Å². The third kappa shape index (κ3) is 3.71. The molecule has 1 aliphatic carbocycles. The lowest BCUT2D eigenvalue weighted by molar-refractivity contribution is -0.131. The molecule has 1 saturated heterocycles. The predicted octanol–water partition coefficient (Wildman–Crippen LogP) is 2.50. The Labute approximate surface area is 148 Å². The summed E-state index contributed by atoms with van der Waals surface area (Å²) in [5.74, 6) is -0.266. The zero-order valence-corrected chi connectivity index (χ0v) is 15.1. The number of amides is 3. The van der Waals surface area contributed by atoms with Crippen molar-refractivity contribution in [3.8, 4) is 0 Å². The summed E-state index contributed by atoms with van der Waals surface area (Å²) in [6.07, 6.45) is 5.63. The van der Waals surface area contributed by atoms with Crippen LogP contribution in [0.1, 0.15) is 44.9 Å². The summed E-state index contributed by atoms with van der Waals surface area (Å²) < 4.78 is 24.6. The summed E-state index contributed by atoms with van der Waals surface area (Å²) in [5, 5.41) is 2.88. The number of hydrogen-bond donors (Lipinski definition) is 1. The van der Waals surface area contributed by atoms with Gasteiger partial charge in [-0.2, -0.15) is 0 Å². The molecule has 0 atom stereocenters. The van der Waals surface area contributed by atoms with Crippen LogP contribution in [-0.2, 0) is 14.6 Å². The van der Waals surface area contributed by atoms with E-state index in [1.165, 1.54) is 4.90 Å². The van der Waals surface area contributed by atoms with Gasteiger partial charge in [-0.1, -0.05) is 43.9 Å². The number of rotatable bonds is 5. The molecular weight excluding hydrogens is 340 g/mol. The molecule has 0 aromatic heterocycles. The van der Waals surface area contributed by atoms with E-state index in [0.29, 0.717) is 12.8 Å². The van der Waals surface area contributed by atoms with E-state index in [0.717, 1.165) is 25.7 Å². The van der Waals surface area contributed by atoms with Crippen molar-refractivity contribution < 1.29 is 18.0 Å². The van der Waals surface area contributed by atoms with E-state index in [2.05, 4.69) is 5.32 Å². The lowest BCUT2D eigenvalue weighted by atomic mass is 9.90. The minimum Gasteiger partial charge on any atom is -0.323 e. The molecule has 3 rings (SSSR count). The van der Waals surface area contributed by atoms with E-state index in [4.69, 9.17) is 0 Å². The highest BCUT2D eigenvalue weighted by Crippen LogP contribution is 2.32. The van der Waals surface area contributed by atoms with Crippen molar-refractivity contribution in [1.29, 1.82) is 0 Å². The van der Waals surface area contributed by atoms with Crippen molar-refractivity contribution >= 4 is 21.8 Å². The van der Waals surface area contributed by atoms with E-state index in [1.807, 2.05) is 0 Å². The first kappa shape index (κ1) is 17.9. The van der Waals surface area contributed by atoms with Crippen LogP contribution >= 0.6 is 0 Å². The normalized spacial score (nSPS) is 20.6. The lowest BCUT2D eigenvalue weighted by Gasteiger charge is -2.24. The molecule has 1 saturated carbocycles. The van der Waals surface area contributed by atoms with Gasteiger partial charge in [0.1, 0.15) is 5.54 Å². The van der Waals surface area contributed by atoms with Gasteiger partial charge < -0.3 is 5.32 Å². The number of urea groups is 1. The van der Waals surface area contributed by atoms with E-state index in [1.54, 1.807) is 30.3 Å². The highest BCUT2D eigenvalue weighted by atomic mass is 32.2. The Hall–Kier alpha value is -1.89. The summed E-state index contributed by atoms with van der Waals surface area (Å²) in [6, 6.07) is 7.86. The molecule has 2 fully saturated rings. The van der Waals surface area contributed by atoms with Crippen LogP contribution in [0.4, 0.5) is 4.79 Å². The number of nitrogens with zero attached hydrogens (tertiary/aromatic N) is 1. The maximum atomic E-state index is 12.8. The molecule has 6 nitrogen and oxygen atoms in total. The van der Waals surface area contributed by atoms with Gasteiger partial charge in [-0.15, -0.1) is 0 Å². The van der Waals surface area contributed by atoms with Gasteiger partial charge in [-0.3, -0.25) is 9.69 Å². The molecule has 25 heavy (non-hydrogen) atoms. The molecule has 0 unspecified atom stereocenters. The van der Waals surface area contributed by atoms with Crippen LogP contribution in [0.5, 0.6) is 0 Å². The first-order chi connectivity index (χ1) is 11.9. The fraction of sp³-hybridized carbons (Fsp3) is 0.556. The van der Waals surface area contributed by atoms with Crippen molar-refractivity contribution in [3.63, 3.8) is 0 Å². The Morgan fingerprint density at radius 3 is 2.28 bits per heavy atom. The molecule has 0 radical (unpaired) electrons. The summed E-state index contributed by atoms with van der Waals surface area (Å²) in [6.45, 7) is 0.137. The second kappa shape index (κ2) is 7.15. The molecule has 136 valence electrons. The topological polar surface area (TPSA) is 83.6 Å². The Kier molecular flexibility index (Phi) is 5.13. The van der Waals surface area contributed by atoms with Gasteiger partial charge in [0.15, 0.2) is 9.84 Å². The third-order valence-electron chi connectivity index (χ3n) is 5.10. The Morgan fingerprint density at radius 2 is 1.64 bits per heavy atom. The third-order valence-corrected chi connectivity index (χ3v) is 6.92. The largest absolute Gasteiger partial charge is 0.325 e. The van der Waals surface area contributed by atoms with E-state index in [9.17, 15) is 18.0 Å². The molecule has 2 aliphatic rings. The molecule has 0 bridgehead atoms. The van der Waals surface area contributed by atoms with Crippen LogP contribution in [0.25, 0.3) is 0 Å². The van der Waals surface area contributed by atoms with E-state index in [-0.39, 0.29) is 35.6 Å². The van der Waals surface area contributed by atoms with Crippen molar-refractivity contribution in [2.75, 3.05) is 12.3 Å². The predicted molar refractivity (Wildman–Crippen MR) is 93.8 cm³/mol. The monoisotopic (exact) mass is 364 g/mol. The summed E-state index contributed by atoms with van der Waals surface area (Å²) in [5.41, 5.74) is -0.758. The molecule has 1 aromatic rings. The van der Waals surface area contributed by atoms with Crippen molar-refractivity contribution in [2.24, 2.45) is 0 Å². The Bertz CT molecular complexity index is 738. The Morgan fingerprint density at radius 1 is 1.00 bits per heavy atom. The average Bonchev–Trinajstić information content (AvgIpc) is 2.76. The smallest absolute Gasteiger partial charge is 0.323 e. The summed E-state index contributed by atoms with van der Waals surface area (Å²) >= 11 is 0. The first-order valence-corrected chi connectivity index (χ1v) is 10.5. The molecule has 1 aromatic carbocycles. The van der Waals surface area contributed by atoms with Crippen molar-refractivity contribution in [1.82, 2.24) is 10.2 Å². The second-order valence-corrected chi connectivity index (χ2v) is 8.98. The minimum atomic E-state index is -3.40. The van der Waals surface area contributed by atoms with Crippen LogP contribution in [0, 0.1) is 0 Å². The van der Waals surface area contributed by atoms with Gasteiger partial charge in [0.2, 0.25) is 0 Å². The maximum Gasteiger partial charge on any atom is 0.325 e. The molecule has 1 N–H and O–H groups in total. The molecular formula is C18H24N2O4S. The van der Waals surface area contributed by atoms with Crippen LogP contribution in [0.3, 0.4) is 0 Å². The highest BCUT2D eigenvalue weighted by molar-refractivity contribution is 7.91. The van der Waals surface area contributed by atoms with Crippen LogP contribution in [-0.4, -0.2) is 43.1 Å². The molecule has 3 amide bonds. The minimum absolute atomic E-state index is 0.0823. The number of nitrogens with one attached hydrogen (secondary N) is 1. The maximum absolute atomic E-state index is 12.8. The summed E-state index contributed by atoms with van der Waals surface area (Å²) in [7, 11) is -3.40. The van der Waals surface area contributed by atoms with Crippen molar-refractivity contribution in [2.45, 2.75) is 55.4 Å². The molecule has 7 heteroatoms. The van der Waals surface area contributed by atoms with Crippen LogP contribution < -0.4 is 5.32 Å². The fourth-order valence-corrected chi connectivity index (χ4v) is 5.03. The SMILES string of the molecule is O=C1NC2(CCCCCC2)C(=O)N1CCCS(=O)(=O)c1ccccc1. The number of benzene rings is 1. The first-order valence-electron chi connectivity index (χ1n) is 8.87. The van der Waals surface area contributed by atoms with Gasteiger partial charge >= 0.3 is 6.03 Å². The van der Waals surface area contributed by atoms with Crippen LogP contribution in [0.2, 0.25) is 0 Å². The zero-order chi connectivity index (χ0) is 17.9. The number of sulfone groups is 1. The zero-order valence-electron chi connectivity index (χ0n) is 14.2. The fourth-order valence-electron chi connectivity index (χ4n) is 3.71. The quantitative estimate of drug-likeness (QED) is 0.814. The molecule has 1 heterocycles.